The fraction of sp³-hybridized carbons (Fsp3) is 0. The molecule has 0 saturated heterocycles. The second-order valence-corrected chi connectivity index (χ2v) is 15.3. The summed E-state index contributed by atoms with van der Waals surface area (Å²) in [6, 6.07) is 65.4. The molecule has 12 aromatic rings. The molecule has 0 aliphatic rings. The predicted octanol–water partition coefficient (Wildman–Crippen LogP) is 13.2. The third kappa shape index (κ3) is 5.71. The topological polar surface area (TPSA) is 74.3 Å². The van der Waals surface area contributed by atoms with Crippen LogP contribution in [0.4, 0.5) is 0 Å². The zero-order valence-electron chi connectivity index (χ0n) is 33.3. The molecule has 5 heterocycles. The van der Waals surface area contributed by atoms with Crippen LogP contribution in [-0.4, -0.2) is 34.1 Å². The van der Waals surface area contributed by atoms with Crippen LogP contribution in [0, 0.1) is 0 Å². The van der Waals surface area contributed by atoms with Gasteiger partial charge in [0.1, 0.15) is 0 Å². The Morgan fingerprint density at radius 3 is 1.11 bits per heavy atom. The Bertz CT molecular complexity index is 3310. The zero-order chi connectivity index (χ0) is 41.0. The van der Waals surface area contributed by atoms with Gasteiger partial charge in [0.05, 0.1) is 45.8 Å². The first-order valence-corrected chi connectivity index (χ1v) is 20.7. The smallest absolute Gasteiger partial charge is 0.166 e. The van der Waals surface area contributed by atoms with E-state index in [1.165, 1.54) is 0 Å². The number of aromatic nitrogens is 7. The van der Waals surface area contributed by atoms with Crippen molar-refractivity contribution >= 4 is 43.6 Å². The summed E-state index contributed by atoms with van der Waals surface area (Å²) in [6.07, 6.45) is 7.64. The number of rotatable bonds is 7. The average molecular weight is 794 g/mol. The number of pyridine rings is 2. The van der Waals surface area contributed by atoms with Gasteiger partial charge in [0.15, 0.2) is 17.5 Å². The van der Waals surface area contributed by atoms with Crippen molar-refractivity contribution in [3.8, 4) is 67.8 Å². The first-order valence-electron chi connectivity index (χ1n) is 20.7. The van der Waals surface area contributed by atoms with Gasteiger partial charge in [-0.2, -0.15) is 0 Å². The van der Waals surface area contributed by atoms with E-state index in [0.717, 1.165) is 93.9 Å². The number of hydrogen-bond acceptors (Lipinski definition) is 5. The van der Waals surface area contributed by atoms with Crippen molar-refractivity contribution in [1.29, 1.82) is 0 Å². The quantitative estimate of drug-likeness (QED) is 0.161. The molecule has 5 aromatic heterocycles. The van der Waals surface area contributed by atoms with Crippen LogP contribution in [0.5, 0.6) is 0 Å². The molecular weight excluding hydrogens is 759 g/mol. The second kappa shape index (κ2) is 14.6. The van der Waals surface area contributed by atoms with Crippen molar-refractivity contribution in [2.24, 2.45) is 0 Å². The van der Waals surface area contributed by atoms with Crippen molar-refractivity contribution in [3.05, 3.63) is 213 Å². The Labute approximate surface area is 356 Å². The molecule has 0 amide bonds. The highest BCUT2D eigenvalue weighted by atomic mass is 15.1. The molecule has 0 aliphatic heterocycles. The van der Waals surface area contributed by atoms with Gasteiger partial charge in [0.25, 0.3) is 0 Å². The molecule has 0 N–H and O–H groups in total. The van der Waals surface area contributed by atoms with Crippen LogP contribution in [0.15, 0.2) is 213 Å². The minimum absolute atomic E-state index is 0.552. The first-order chi connectivity index (χ1) is 30.8. The lowest BCUT2D eigenvalue weighted by atomic mass is 9.98. The van der Waals surface area contributed by atoms with Crippen LogP contribution >= 0.6 is 0 Å². The van der Waals surface area contributed by atoms with Crippen LogP contribution in [0.3, 0.4) is 0 Å². The molecule has 0 radical (unpaired) electrons. The van der Waals surface area contributed by atoms with Crippen molar-refractivity contribution in [1.82, 2.24) is 34.1 Å². The Balaban J connectivity index is 1.21. The average Bonchev–Trinajstić information content (AvgIpc) is 3.87. The highest BCUT2D eigenvalue weighted by Crippen LogP contribution is 2.43. The molecule has 12 rings (SSSR count). The molecule has 0 bridgehead atoms. The van der Waals surface area contributed by atoms with Gasteiger partial charge in [-0.15, -0.1) is 0 Å². The van der Waals surface area contributed by atoms with Gasteiger partial charge in [-0.05, 0) is 47.5 Å². The summed E-state index contributed by atoms with van der Waals surface area (Å²) in [6.45, 7) is 0. The Morgan fingerprint density at radius 1 is 0.274 bits per heavy atom. The number of para-hydroxylation sites is 4. The monoisotopic (exact) mass is 793 g/mol. The van der Waals surface area contributed by atoms with E-state index in [-0.39, 0.29) is 0 Å². The van der Waals surface area contributed by atoms with Crippen molar-refractivity contribution < 1.29 is 0 Å². The van der Waals surface area contributed by atoms with Crippen LogP contribution in [0.25, 0.3) is 111 Å². The van der Waals surface area contributed by atoms with Gasteiger partial charge in [0, 0.05) is 61.8 Å². The molecule has 0 fully saturated rings. The summed E-state index contributed by atoms with van der Waals surface area (Å²) >= 11 is 0. The molecule has 0 spiro atoms. The van der Waals surface area contributed by atoms with Gasteiger partial charge in [-0.1, -0.05) is 152 Å². The number of fused-ring (bicyclic) bond motifs is 6. The maximum Gasteiger partial charge on any atom is 0.166 e. The van der Waals surface area contributed by atoms with E-state index in [9.17, 15) is 0 Å². The van der Waals surface area contributed by atoms with E-state index in [1.807, 2.05) is 43.0 Å². The van der Waals surface area contributed by atoms with Crippen LogP contribution in [0.2, 0.25) is 0 Å². The molecular formula is C55H35N7. The standard InChI is InChI=1S/C55H35N7/c1-4-16-36(17-5-1)39-24-14-26-45(51(39)61-47-28-12-10-22-41(47)43-30-32-56-34-49(43)61)54-58-53(38-20-8-3-9-21-38)59-55(60-54)46-27-15-25-40(37-18-6-2-7-19-37)52(46)62-48-29-13-11-23-42(48)44-31-33-57-35-50(44)62/h1-35H. The minimum Gasteiger partial charge on any atom is -0.306 e. The van der Waals surface area contributed by atoms with Crippen LogP contribution in [0.1, 0.15) is 0 Å². The Hall–Kier alpha value is -8.55. The summed E-state index contributed by atoms with van der Waals surface area (Å²) in [4.78, 5) is 25.6. The lowest BCUT2D eigenvalue weighted by Crippen LogP contribution is -2.07. The van der Waals surface area contributed by atoms with Crippen LogP contribution in [-0.2, 0) is 0 Å². The first kappa shape index (κ1) is 35.4. The maximum absolute atomic E-state index is 5.55. The summed E-state index contributed by atoms with van der Waals surface area (Å²) in [5.74, 6) is 1.68. The minimum atomic E-state index is 0.552. The molecule has 7 heteroatoms. The van der Waals surface area contributed by atoms with E-state index >= 15 is 0 Å². The van der Waals surface area contributed by atoms with Gasteiger partial charge in [0.2, 0.25) is 0 Å². The summed E-state index contributed by atoms with van der Waals surface area (Å²) in [7, 11) is 0. The number of hydrogen-bond donors (Lipinski definition) is 0. The summed E-state index contributed by atoms with van der Waals surface area (Å²) in [5, 5.41) is 4.52. The molecule has 62 heavy (non-hydrogen) atoms. The van der Waals surface area contributed by atoms with Crippen LogP contribution < -0.4 is 0 Å². The highest BCUT2D eigenvalue weighted by molar-refractivity contribution is 6.11. The highest BCUT2D eigenvalue weighted by Gasteiger charge is 2.25. The second-order valence-electron chi connectivity index (χ2n) is 15.3. The van der Waals surface area contributed by atoms with E-state index in [4.69, 9.17) is 15.0 Å². The summed E-state index contributed by atoms with van der Waals surface area (Å²) in [5.41, 5.74) is 12.9. The fourth-order valence-corrected chi connectivity index (χ4v) is 9.08. The Kier molecular flexibility index (Phi) is 8.35. The lowest BCUT2D eigenvalue weighted by Gasteiger charge is -2.20. The normalized spacial score (nSPS) is 11.5. The third-order valence-corrected chi connectivity index (χ3v) is 11.8. The largest absolute Gasteiger partial charge is 0.306 e. The van der Waals surface area contributed by atoms with E-state index in [1.54, 1.807) is 0 Å². The lowest BCUT2D eigenvalue weighted by molar-refractivity contribution is 1.06. The van der Waals surface area contributed by atoms with E-state index < -0.39 is 0 Å². The van der Waals surface area contributed by atoms with Gasteiger partial charge < -0.3 is 9.13 Å². The zero-order valence-corrected chi connectivity index (χ0v) is 33.3. The SMILES string of the molecule is c1ccc(-c2nc(-c3cccc(-c4ccccc4)c3-n3c4ccccc4c4ccncc43)nc(-c3cccc(-c4ccccc4)c3-n3c4ccccc4c4ccncc43)n2)cc1. The molecule has 0 unspecified atom stereocenters. The summed E-state index contributed by atoms with van der Waals surface area (Å²) < 4.78 is 4.65. The van der Waals surface area contributed by atoms with Crippen molar-refractivity contribution in [3.63, 3.8) is 0 Å². The number of nitrogens with zero attached hydrogens (tertiary/aromatic N) is 7. The molecule has 0 aliphatic carbocycles. The van der Waals surface area contributed by atoms with Crippen molar-refractivity contribution in [2.75, 3.05) is 0 Å². The van der Waals surface area contributed by atoms with E-state index in [2.05, 4.69) is 189 Å². The van der Waals surface area contributed by atoms with E-state index in [0.29, 0.717) is 17.5 Å². The molecule has 7 nitrogen and oxygen atoms in total. The van der Waals surface area contributed by atoms with Gasteiger partial charge >= 0.3 is 0 Å². The van der Waals surface area contributed by atoms with Gasteiger partial charge in [-0.25, -0.2) is 15.0 Å². The third-order valence-electron chi connectivity index (χ3n) is 11.8. The molecule has 0 atom stereocenters. The molecule has 290 valence electrons. The maximum atomic E-state index is 5.55. The number of benzene rings is 7. The molecule has 7 aromatic carbocycles. The fourth-order valence-electron chi connectivity index (χ4n) is 9.08. The predicted molar refractivity (Wildman–Crippen MR) is 251 cm³/mol. The van der Waals surface area contributed by atoms with Gasteiger partial charge in [-0.3, -0.25) is 9.97 Å². The van der Waals surface area contributed by atoms with Crippen molar-refractivity contribution in [2.45, 2.75) is 0 Å². The Morgan fingerprint density at radius 2 is 0.645 bits per heavy atom. The molecule has 0 saturated carbocycles.